The van der Waals surface area contributed by atoms with Gasteiger partial charge in [0.2, 0.25) is 0 Å². The van der Waals surface area contributed by atoms with E-state index in [2.05, 4.69) is 31.0 Å². The van der Waals surface area contributed by atoms with Crippen LogP contribution in [0.1, 0.15) is 46.5 Å². The first kappa shape index (κ1) is 12.4. The highest BCUT2D eigenvalue weighted by Gasteiger charge is 2.30. The van der Waals surface area contributed by atoms with Crippen LogP contribution >= 0.6 is 0 Å². The van der Waals surface area contributed by atoms with Gasteiger partial charge in [-0.05, 0) is 57.5 Å². The number of nitrogens with one attached hydrogen (secondary N) is 1. The molecule has 0 bridgehead atoms. The van der Waals surface area contributed by atoms with Gasteiger partial charge in [-0.25, -0.2) is 0 Å². The minimum atomic E-state index is 0.765. The highest BCUT2D eigenvalue weighted by atomic mass is 15.1. The lowest BCUT2D eigenvalue weighted by Gasteiger charge is -2.34. The lowest BCUT2D eigenvalue weighted by molar-refractivity contribution is 0.173. The molecule has 0 aromatic carbocycles. The van der Waals surface area contributed by atoms with Gasteiger partial charge < -0.3 is 10.2 Å². The molecule has 2 fully saturated rings. The van der Waals surface area contributed by atoms with Gasteiger partial charge in [0.25, 0.3) is 0 Å². The molecule has 2 nitrogen and oxygen atoms in total. The number of piperidine rings is 1. The van der Waals surface area contributed by atoms with Crippen LogP contribution in [0.25, 0.3) is 0 Å². The number of rotatable bonds is 5. The van der Waals surface area contributed by atoms with Crippen LogP contribution in [0.15, 0.2) is 0 Å². The lowest BCUT2D eigenvalue weighted by atomic mass is 10.0. The maximum Gasteiger partial charge on any atom is 0.00940 e. The zero-order chi connectivity index (χ0) is 11.5. The Morgan fingerprint density at radius 1 is 1.06 bits per heavy atom. The van der Waals surface area contributed by atoms with Crippen molar-refractivity contribution in [2.45, 2.75) is 58.5 Å². The summed E-state index contributed by atoms with van der Waals surface area (Å²) in [5, 5.41) is 3.83. The summed E-state index contributed by atoms with van der Waals surface area (Å²) in [4.78, 5) is 2.63. The average molecular weight is 224 g/mol. The van der Waals surface area contributed by atoms with Crippen molar-refractivity contribution in [3.8, 4) is 0 Å². The molecule has 1 aliphatic carbocycles. The molecule has 0 aromatic rings. The predicted octanol–water partition coefficient (Wildman–Crippen LogP) is 2.49. The molecule has 0 aromatic heterocycles. The van der Waals surface area contributed by atoms with E-state index in [1.54, 1.807) is 0 Å². The maximum atomic E-state index is 3.83. The Morgan fingerprint density at radius 3 is 2.19 bits per heavy atom. The normalized spacial score (nSPS) is 26.2. The monoisotopic (exact) mass is 224 g/mol. The fourth-order valence-electron chi connectivity index (χ4n) is 2.90. The molecule has 1 saturated heterocycles. The Hall–Kier alpha value is -0.0800. The van der Waals surface area contributed by atoms with Gasteiger partial charge in [0.1, 0.15) is 0 Å². The zero-order valence-electron chi connectivity index (χ0n) is 11.2. The first-order valence-electron chi connectivity index (χ1n) is 7.13. The minimum Gasteiger partial charge on any atom is -0.311 e. The van der Waals surface area contributed by atoms with Gasteiger partial charge in [-0.2, -0.15) is 0 Å². The molecule has 94 valence electrons. The molecule has 1 heterocycles. The highest BCUT2D eigenvalue weighted by Crippen LogP contribution is 2.32. The van der Waals surface area contributed by atoms with Gasteiger partial charge in [0.15, 0.2) is 0 Å². The smallest absolute Gasteiger partial charge is 0.00940 e. The number of hydrogen-bond acceptors (Lipinski definition) is 2. The van der Waals surface area contributed by atoms with Crippen LogP contribution in [0.4, 0.5) is 0 Å². The number of likely N-dealkylation sites (tertiary alicyclic amines) is 1. The lowest BCUT2D eigenvalue weighted by Crippen LogP contribution is -2.46. The first-order valence-corrected chi connectivity index (χ1v) is 7.13. The highest BCUT2D eigenvalue weighted by molar-refractivity contribution is 4.87. The van der Waals surface area contributed by atoms with Gasteiger partial charge >= 0.3 is 0 Å². The summed E-state index contributed by atoms with van der Waals surface area (Å²) in [6, 6.07) is 1.56. The summed E-state index contributed by atoms with van der Waals surface area (Å²) in [6.45, 7) is 10.9. The van der Waals surface area contributed by atoms with Crippen molar-refractivity contribution in [2.75, 3.05) is 19.6 Å². The van der Waals surface area contributed by atoms with E-state index in [0.29, 0.717) is 0 Å². The number of nitrogens with zero attached hydrogens (tertiary/aromatic N) is 1. The van der Waals surface area contributed by atoms with Crippen LogP contribution in [0, 0.1) is 11.8 Å². The Kier molecular flexibility index (Phi) is 4.26. The van der Waals surface area contributed by atoms with Crippen molar-refractivity contribution in [3.63, 3.8) is 0 Å². The van der Waals surface area contributed by atoms with Crippen molar-refractivity contribution in [3.05, 3.63) is 0 Å². The largest absolute Gasteiger partial charge is 0.311 e. The van der Waals surface area contributed by atoms with E-state index in [1.165, 1.54) is 45.3 Å². The second kappa shape index (κ2) is 5.50. The van der Waals surface area contributed by atoms with E-state index in [0.717, 1.165) is 23.9 Å². The van der Waals surface area contributed by atoms with Crippen LogP contribution in [0.3, 0.4) is 0 Å². The van der Waals surface area contributed by atoms with Crippen molar-refractivity contribution in [1.82, 2.24) is 10.2 Å². The molecule has 1 unspecified atom stereocenters. The predicted molar refractivity (Wildman–Crippen MR) is 69.6 cm³/mol. The second-order valence-corrected chi connectivity index (χ2v) is 6.26. The van der Waals surface area contributed by atoms with Crippen LogP contribution in [-0.2, 0) is 0 Å². The number of hydrogen-bond donors (Lipinski definition) is 1. The minimum absolute atomic E-state index is 0.765. The third-order valence-electron chi connectivity index (χ3n) is 4.04. The summed E-state index contributed by atoms with van der Waals surface area (Å²) in [6.07, 6.45) is 5.62. The van der Waals surface area contributed by atoms with Gasteiger partial charge in [-0.15, -0.1) is 0 Å². The summed E-state index contributed by atoms with van der Waals surface area (Å²) >= 11 is 0. The molecule has 2 rings (SSSR count). The van der Waals surface area contributed by atoms with E-state index in [9.17, 15) is 0 Å². The quantitative estimate of drug-likeness (QED) is 0.772. The van der Waals surface area contributed by atoms with Gasteiger partial charge in [0.05, 0.1) is 0 Å². The molecule has 1 atom stereocenters. The van der Waals surface area contributed by atoms with Crippen LogP contribution in [-0.4, -0.2) is 36.6 Å². The summed E-state index contributed by atoms with van der Waals surface area (Å²) in [5.41, 5.74) is 0. The molecule has 1 N–H and O–H groups in total. The average Bonchev–Trinajstić information content (AvgIpc) is 3.03. The van der Waals surface area contributed by atoms with Gasteiger partial charge in [-0.3, -0.25) is 0 Å². The summed E-state index contributed by atoms with van der Waals surface area (Å²) < 4.78 is 0. The topological polar surface area (TPSA) is 15.3 Å². The van der Waals surface area contributed by atoms with Crippen molar-refractivity contribution < 1.29 is 0 Å². The Bertz CT molecular complexity index is 203. The summed E-state index contributed by atoms with van der Waals surface area (Å²) in [5.74, 6) is 1.81. The third kappa shape index (κ3) is 3.74. The molecule has 2 aliphatic rings. The third-order valence-corrected chi connectivity index (χ3v) is 4.04. The maximum absolute atomic E-state index is 3.83. The van der Waals surface area contributed by atoms with Crippen molar-refractivity contribution >= 4 is 0 Å². The molecular weight excluding hydrogens is 196 g/mol. The van der Waals surface area contributed by atoms with E-state index in [4.69, 9.17) is 0 Å². The first-order chi connectivity index (χ1) is 7.65. The molecule has 0 radical (unpaired) electrons. The molecular formula is C14H28N2. The molecule has 1 saturated carbocycles. The summed E-state index contributed by atoms with van der Waals surface area (Å²) in [7, 11) is 0. The van der Waals surface area contributed by atoms with Gasteiger partial charge in [0, 0.05) is 18.6 Å². The van der Waals surface area contributed by atoms with E-state index in [-0.39, 0.29) is 0 Å². The molecule has 0 amide bonds. The molecule has 16 heavy (non-hydrogen) atoms. The van der Waals surface area contributed by atoms with Crippen LogP contribution in [0.5, 0.6) is 0 Å². The Balaban J connectivity index is 1.64. The van der Waals surface area contributed by atoms with Crippen molar-refractivity contribution in [2.24, 2.45) is 11.8 Å². The second-order valence-electron chi connectivity index (χ2n) is 6.26. The standard InChI is InChI=1S/C14H28N2/c1-11(2)10-16-8-6-14(7-9-16)15-12(3)13-4-5-13/h11-15H,4-10H2,1-3H3. The van der Waals surface area contributed by atoms with Crippen LogP contribution < -0.4 is 5.32 Å². The molecule has 0 spiro atoms. The van der Waals surface area contributed by atoms with E-state index >= 15 is 0 Å². The molecule has 1 aliphatic heterocycles. The SMILES string of the molecule is CC(C)CN1CCC(NC(C)C2CC2)CC1. The fraction of sp³-hybridized carbons (Fsp3) is 1.00. The molecule has 2 heteroatoms. The Labute approximate surface area is 101 Å². The van der Waals surface area contributed by atoms with E-state index in [1.807, 2.05) is 0 Å². The van der Waals surface area contributed by atoms with Crippen molar-refractivity contribution in [1.29, 1.82) is 0 Å². The Morgan fingerprint density at radius 2 is 1.69 bits per heavy atom. The van der Waals surface area contributed by atoms with Gasteiger partial charge in [-0.1, -0.05) is 13.8 Å². The zero-order valence-corrected chi connectivity index (χ0v) is 11.2. The van der Waals surface area contributed by atoms with Crippen LogP contribution in [0.2, 0.25) is 0 Å². The van der Waals surface area contributed by atoms with E-state index < -0.39 is 0 Å². The fourth-order valence-corrected chi connectivity index (χ4v) is 2.90.